The lowest BCUT2D eigenvalue weighted by Crippen LogP contribution is -2.66. The fourth-order valence-electron chi connectivity index (χ4n) is 4.83. The molecule has 0 unspecified atom stereocenters. The van der Waals surface area contributed by atoms with Gasteiger partial charge in [-0.1, -0.05) is 20.4 Å². The second kappa shape index (κ2) is 4.82. The lowest BCUT2D eigenvalue weighted by molar-refractivity contribution is -0.216. The van der Waals surface area contributed by atoms with Gasteiger partial charge in [0, 0.05) is 18.3 Å². The molecule has 0 aromatic rings. The third-order valence-electron chi connectivity index (χ3n) is 6.02. The topological polar surface area (TPSA) is 72.8 Å². The first-order chi connectivity index (χ1) is 10.2. The molecule has 0 spiro atoms. The van der Waals surface area contributed by atoms with Crippen LogP contribution in [0.5, 0.6) is 0 Å². The standard InChI is InChI=1S/C17H24O5/c1-9-6-5-7-16(4)8-12(21-11(3)18)13-10(2)15(19)22-14(13)17(9,16)20/h10,12-14,20H,1,5-8H2,2-4H3/t10-,12-,13+,14-,16+,17-/m0/s1. The fourth-order valence-corrected chi connectivity index (χ4v) is 4.83. The Morgan fingerprint density at radius 1 is 1.50 bits per heavy atom. The number of aliphatic hydroxyl groups is 1. The molecule has 0 bridgehead atoms. The zero-order chi connectivity index (χ0) is 16.3. The predicted octanol–water partition coefficient (Wildman–Crippen LogP) is 1.98. The molecule has 0 aromatic carbocycles. The maximum atomic E-state index is 12.1. The van der Waals surface area contributed by atoms with E-state index in [4.69, 9.17) is 9.47 Å². The second-order valence-electron chi connectivity index (χ2n) is 7.36. The Bertz CT molecular complexity index is 541. The maximum absolute atomic E-state index is 12.1. The summed E-state index contributed by atoms with van der Waals surface area (Å²) in [6, 6.07) is 0. The summed E-state index contributed by atoms with van der Waals surface area (Å²) in [5, 5.41) is 11.5. The van der Waals surface area contributed by atoms with E-state index in [0.717, 1.165) is 24.8 Å². The van der Waals surface area contributed by atoms with E-state index in [9.17, 15) is 14.7 Å². The molecule has 2 aliphatic carbocycles. The van der Waals surface area contributed by atoms with Crippen LogP contribution in [0.25, 0.3) is 0 Å². The van der Waals surface area contributed by atoms with Crippen molar-refractivity contribution in [2.75, 3.05) is 0 Å². The number of hydrogen-bond acceptors (Lipinski definition) is 5. The van der Waals surface area contributed by atoms with Gasteiger partial charge in [-0.05, 0) is 31.3 Å². The van der Waals surface area contributed by atoms with Crippen LogP contribution >= 0.6 is 0 Å². The summed E-state index contributed by atoms with van der Waals surface area (Å²) >= 11 is 0. The Morgan fingerprint density at radius 2 is 2.18 bits per heavy atom. The molecule has 3 rings (SSSR count). The Morgan fingerprint density at radius 3 is 2.82 bits per heavy atom. The van der Waals surface area contributed by atoms with Gasteiger partial charge in [0.15, 0.2) is 0 Å². The average Bonchev–Trinajstić information content (AvgIpc) is 2.71. The van der Waals surface area contributed by atoms with Crippen molar-refractivity contribution in [2.45, 2.75) is 64.3 Å². The molecule has 1 heterocycles. The third kappa shape index (κ3) is 1.87. The zero-order valence-electron chi connectivity index (χ0n) is 13.4. The Hall–Kier alpha value is -1.36. The first kappa shape index (κ1) is 15.5. The third-order valence-corrected chi connectivity index (χ3v) is 6.02. The molecule has 1 aliphatic heterocycles. The van der Waals surface area contributed by atoms with Crippen molar-refractivity contribution in [3.8, 4) is 0 Å². The van der Waals surface area contributed by atoms with Crippen LogP contribution in [-0.4, -0.2) is 34.9 Å². The normalized spacial score (nSPS) is 47.5. The molecule has 6 atom stereocenters. The zero-order valence-corrected chi connectivity index (χ0v) is 13.4. The van der Waals surface area contributed by atoms with Crippen molar-refractivity contribution >= 4 is 11.9 Å². The molecular weight excluding hydrogens is 284 g/mol. The maximum Gasteiger partial charge on any atom is 0.309 e. The number of ether oxygens (including phenoxy) is 2. The number of carbonyl (C=O) groups is 2. The first-order valence-electron chi connectivity index (χ1n) is 7.99. The van der Waals surface area contributed by atoms with Gasteiger partial charge in [-0.2, -0.15) is 0 Å². The minimum Gasteiger partial charge on any atom is -0.462 e. The highest BCUT2D eigenvalue weighted by Gasteiger charge is 2.68. The predicted molar refractivity (Wildman–Crippen MR) is 78.8 cm³/mol. The van der Waals surface area contributed by atoms with Gasteiger partial charge < -0.3 is 14.6 Å². The summed E-state index contributed by atoms with van der Waals surface area (Å²) in [5.74, 6) is -1.40. The fraction of sp³-hybridized carbons (Fsp3) is 0.765. The van der Waals surface area contributed by atoms with E-state index in [1.165, 1.54) is 6.92 Å². The molecule has 1 saturated heterocycles. The highest BCUT2D eigenvalue weighted by Crippen LogP contribution is 2.60. The van der Waals surface area contributed by atoms with E-state index in [1.807, 2.05) is 6.92 Å². The SMILES string of the molecule is C=C1CCC[C@]2(C)C[C@H](OC(C)=O)[C@H]3[C@H](C)C(=O)O[C@@H]3[C@@]12O. The van der Waals surface area contributed by atoms with Crippen molar-refractivity contribution < 1.29 is 24.2 Å². The number of fused-ring (bicyclic) bond motifs is 3. The van der Waals surface area contributed by atoms with E-state index in [0.29, 0.717) is 6.42 Å². The molecule has 2 saturated carbocycles. The molecule has 3 aliphatic rings. The minimum absolute atomic E-state index is 0.315. The summed E-state index contributed by atoms with van der Waals surface area (Å²) < 4.78 is 11.1. The number of carbonyl (C=O) groups excluding carboxylic acids is 2. The van der Waals surface area contributed by atoms with Gasteiger partial charge in [-0.15, -0.1) is 0 Å². The van der Waals surface area contributed by atoms with Crippen molar-refractivity contribution in [3.63, 3.8) is 0 Å². The van der Waals surface area contributed by atoms with Gasteiger partial charge in [0.1, 0.15) is 17.8 Å². The smallest absolute Gasteiger partial charge is 0.309 e. The van der Waals surface area contributed by atoms with Gasteiger partial charge in [-0.25, -0.2) is 0 Å². The molecule has 1 N–H and O–H groups in total. The molecule has 5 heteroatoms. The highest BCUT2D eigenvalue weighted by molar-refractivity contribution is 5.76. The lowest BCUT2D eigenvalue weighted by atomic mass is 9.51. The van der Waals surface area contributed by atoms with Crippen LogP contribution in [0, 0.1) is 17.3 Å². The van der Waals surface area contributed by atoms with E-state index < -0.39 is 29.1 Å². The Labute approximate surface area is 130 Å². The van der Waals surface area contributed by atoms with Gasteiger partial charge in [0.25, 0.3) is 0 Å². The quantitative estimate of drug-likeness (QED) is 0.592. The van der Waals surface area contributed by atoms with Crippen LogP contribution < -0.4 is 0 Å². The van der Waals surface area contributed by atoms with Crippen molar-refractivity contribution in [2.24, 2.45) is 17.3 Å². The summed E-state index contributed by atoms with van der Waals surface area (Å²) in [4.78, 5) is 23.6. The second-order valence-corrected chi connectivity index (χ2v) is 7.36. The number of rotatable bonds is 1. The van der Waals surface area contributed by atoms with Gasteiger partial charge in [0.05, 0.1) is 5.92 Å². The van der Waals surface area contributed by atoms with Gasteiger partial charge in [0.2, 0.25) is 0 Å². The summed E-state index contributed by atoms with van der Waals surface area (Å²) in [6.07, 6.45) is 1.93. The monoisotopic (exact) mass is 308 g/mol. The van der Waals surface area contributed by atoms with Crippen LogP contribution in [0.15, 0.2) is 12.2 Å². The molecule has 0 amide bonds. The minimum atomic E-state index is -1.23. The van der Waals surface area contributed by atoms with Crippen LogP contribution in [0.1, 0.15) is 46.5 Å². The number of hydrogen-bond donors (Lipinski definition) is 1. The van der Waals surface area contributed by atoms with E-state index >= 15 is 0 Å². The van der Waals surface area contributed by atoms with Crippen LogP contribution in [0.2, 0.25) is 0 Å². The van der Waals surface area contributed by atoms with E-state index in [-0.39, 0.29) is 17.9 Å². The number of esters is 2. The van der Waals surface area contributed by atoms with Gasteiger partial charge >= 0.3 is 11.9 Å². The van der Waals surface area contributed by atoms with Crippen molar-refractivity contribution in [1.29, 1.82) is 0 Å². The van der Waals surface area contributed by atoms with E-state index in [1.54, 1.807) is 6.92 Å². The highest BCUT2D eigenvalue weighted by atomic mass is 16.6. The lowest BCUT2D eigenvalue weighted by Gasteiger charge is -2.58. The summed E-state index contributed by atoms with van der Waals surface area (Å²) in [6.45, 7) is 9.20. The average molecular weight is 308 g/mol. The van der Waals surface area contributed by atoms with Gasteiger partial charge in [-0.3, -0.25) is 9.59 Å². The molecule has 5 nitrogen and oxygen atoms in total. The molecule has 0 aromatic heterocycles. The van der Waals surface area contributed by atoms with Crippen LogP contribution in [0.3, 0.4) is 0 Å². The van der Waals surface area contributed by atoms with Crippen molar-refractivity contribution in [1.82, 2.24) is 0 Å². The Balaban J connectivity index is 2.06. The van der Waals surface area contributed by atoms with E-state index in [2.05, 4.69) is 6.58 Å². The largest absolute Gasteiger partial charge is 0.462 e. The van der Waals surface area contributed by atoms with Crippen LogP contribution in [-0.2, 0) is 19.1 Å². The Kier molecular flexibility index (Phi) is 3.40. The van der Waals surface area contributed by atoms with Crippen molar-refractivity contribution in [3.05, 3.63) is 12.2 Å². The molecular formula is C17H24O5. The molecule has 22 heavy (non-hydrogen) atoms. The summed E-state index contributed by atoms with van der Waals surface area (Å²) in [7, 11) is 0. The molecule has 3 fully saturated rings. The van der Waals surface area contributed by atoms with Crippen LogP contribution in [0.4, 0.5) is 0 Å². The molecule has 122 valence electrons. The molecule has 0 radical (unpaired) electrons. The first-order valence-corrected chi connectivity index (χ1v) is 7.99. The summed E-state index contributed by atoms with van der Waals surface area (Å²) in [5.41, 5.74) is -0.986.